The number of hydrogen-bond donors (Lipinski definition) is 1. The van der Waals surface area contributed by atoms with E-state index in [1.54, 1.807) is 18.1 Å². The van der Waals surface area contributed by atoms with E-state index in [2.05, 4.69) is 24.0 Å². The highest BCUT2D eigenvalue weighted by atomic mass is 16.4. The van der Waals surface area contributed by atoms with Crippen LogP contribution in [0.25, 0.3) is 10.9 Å². The Bertz CT molecular complexity index is 581. The van der Waals surface area contributed by atoms with Gasteiger partial charge in [0.05, 0.1) is 5.52 Å². The van der Waals surface area contributed by atoms with Crippen molar-refractivity contribution in [1.82, 2.24) is 4.98 Å². The number of aliphatic carboxylic acids is 1. The van der Waals surface area contributed by atoms with Crippen LogP contribution in [0.4, 0.5) is 5.69 Å². The molecule has 1 heterocycles. The average molecular weight is 244 g/mol. The van der Waals surface area contributed by atoms with Crippen LogP contribution in [-0.2, 0) is 11.2 Å². The third-order valence-electron chi connectivity index (χ3n) is 2.97. The summed E-state index contributed by atoms with van der Waals surface area (Å²) in [5.74, 6) is -0.839. The van der Waals surface area contributed by atoms with E-state index in [1.165, 1.54) is 5.56 Å². The van der Waals surface area contributed by atoms with Gasteiger partial charge in [-0.1, -0.05) is 13.0 Å². The van der Waals surface area contributed by atoms with E-state index >= 15 is 0 Å². The van der Waals surface area contributed by atoms with E-state index in [1.807, 2.05) is 12.1 Å². The van der Waals surface area contributed by atoms with Gasteiger partial charge in [-0.15, -0.1) is 0 Å². The predicted octanol–water partition coefficient (Wildman–Crippen LogP) is 2.32. The summed E-state index contributed by atoms with van der Waals surface area (Å²) in [6.45, 7) is 2.08. The van der Waals surface area contributed by atoms with Gasteiger partial charge in [-0.05, 0) is 30.2 Å². The summed E-state index contributed by atoms with van der Waals surface area (Å²) < 4.78 is 0. The monoisotopic (exact) mass is 244 g/mol. The Morgan fingerprint density at radius 3 is 2.83 bits per heavy atom. The van der Waals surface area contributed by atoms with E-state index in [0.717, 1.165) is 23.0 Å². The lowest BCUT2D eigenvalue weighted by atomic mass is 10.1. The van der Waals surface area contributed by atoms with Crippen LogP contribution in [0.3, 0.4) is 0 Å². The molecule has 0 bridgehead atoms. The minimum absolute atomic E-state index is 0.0184. The van der Waals surface area contributed by atoms with Gasteiger partial charge in [-0.2, -0.15) is 0 Å². The Balaban J connectivity index is 2.52. The molecule has 4 heteroatoms. The Morgan fingerprint density at radius 2 is 2.17 bits per heavy atom. The van der Waals surface area contributed by atoms with E-state index in [9.17, 15) is 4.79 Å². The van der Waals surface area contributed by atoms with Crippen molar-refractivity contribution in [2.45, 2.75) is 13.3 Å². The minimum atomic E-state index is -0.839. The summed E-state index contributed by atoms with van der Waals surface area (Å²) in [5, 5.41) is 9.86. The Hall–Kier alpha value is -2.10. The molecule has 1 N–H and O–H groups in total. The number of carboxylic acid groups (broad SMARTS) is 1. The number of nitrogens with zero attached hydrogens (tertiary/aromatic N) is 2. The molecule has 2 rings (SSSR count). The number of fused-ring (bicyclic) bond motifs is 1. The summed E-state index contributed by atoms with van der Waals surface area (Å²) in [6, 6.07) is 7.96. The second kappa shape index (κ2) is 5.04. The molecule has 0 amide bonds. The summed E-state index contributed by atoms with van der Waals surface area (Å²) in [5.41, 5.74) is 3.01. The molecule has 0 saturated heterocycles. The van der Waals surface area contributed by atoms with E-state index < -0.39 is 5.97 Å². The van der Waals surface area contributed by atoms with Crippen molar-refractivity contribution in [3.8, 4) is 0 Å². The largest absolute Gasteiger partial charge is 0.480 e. The van der Waals surface area contributed by atoms with E-state index in [0.29, 0.717) is 0 Å². The normalized spacial score (nSPS) is 10.6. The fraction of sp³-hybridized carbons (Fsp3) is 0.286. The van der Waals surface area contributed by atoms with Gasteiger partial charge < -0.3 is 10.0 Å². The lowest BCUT2D eigenvalue weighted by Crippen LogP contribution is -2.25. The summed E-state index contributed by atoms with van der Waals surface area (Å²) in [7, 11) is 1.78. The molecule has 18 heavy (non-hydrogen) atoms. The molecule has 0 atom stereocenters. The molecule has 1 aromatic heterocycles. The van der Waals surface area contributed by atoms with Crippen molar-refractivity contribution in [2.75, 3.05) is 18.5 Å². The third kappa shape index (κ3) is 2.42. The number of anilines is 1. The lowest BCUT2D eigenvalue weighted by molar-refractivity contribution is -0.135. The molecule has 0 aliphatic rings. The van der Waals surface area contributed by atoms with Gasteiger partial charge >= 0.3 is 5.97 Å². The number of rotatable bonds is 4. The van der Waals surface area contributed by atoms with Crippen LogP contribution >= 0.6 is 0 Å². The Morgan fingerprint density at radius 1 is 1.39 bits per heavy atom. The van der Waals surface area contributed by atoms with Gasteiger partial charge in [-0.3, -0.25) is 9.78 Å². The second-order valence-electron chi connectivity index (χ2n) is 4.28. The van der Waals surface area contributed by atoms with Gasteiger partial charge in [0.25, 0.3) is 0 Å². The molecule has 0 radical (unpaired) electrons. The zero-order valence-electron chi connectivity index (χ0n) is 10.6. The van der Waals surface area contributed by atoms with Crippen LogP contribution in [0, 0.1) is 0 Å². The number of carbonyl (C=O) groups is 1. The lowest BCUT2D eigenvalue weighted by Gasteiger charge is -2.18. The summed E-state index contributed by atoms with van der Waals surface area (Å²) in [4.78, 5) is 16.8. The van der Waals surface area contributed by atoms with Gasteiger partial charge in [0.2, 0.25) is 0 Å². The number of hydrogen-bond acceptors (Lipinski definition) is 3. The topological polar surface area (TPSA) is 53.4 Å². The minimum Gasteiger partial charge on any atom is -0.480 e. The smallest absolute Gasteiger partial charge is 0.323 e. The van der Waals surface area contributed by atoms with Crippen molar-refractivity contribution < 1.29 is 9.90 Å². The van der Waals surface area contributed by atoms with Gasteiger partial charge in [0, 0.05) is 24.3 Å². The first-order valence-electron chi connectivity index (χ1n) is 5.92. The molecule has 4 nitrogen and oxygen atoms in total. The highest BCUT2D eigenvalue weighted by Crippen LogP contribution is 2.25. The molecule has 0 unspecified atom stereocenters. The first kappa shape index (κ1) is 12.4. The third-order valence-corrected chi connectivity index (χ3v) is 2.97. The first-order chi connectivity index (χ1) is 8.61. The summed E-state index contributed by atoms with van der Waals surface area (Å²) >= 11 is 0. The molecular weight excluding hydrogens is 228 g/mol. The molecule has 94 valence electrons. The molecule has 0 aliphatic carbocycles. The van der Waals surface area contributed by atoms with Crippen molar-refractivity contribution in [1.29, 1.82) is 0 Å². The van der Waals surface area contributed by atoms with Gasteiger partial charge in [-0.25, -0.2) is 0 Å². The van der Waals surface area contributed by atoms with Crippen LogP contribution < -0.4 is 4.90 Å². The fourth-order valence-electron chi connectivity index (χ4n) is 2.02. The molecule has 1 aromatic carbocycles. The van der Waals surface area contributed by atoms with Crippen LogP contribution in [0.1, 0.15) is 12.5 Å². The number of likely N-dealkylation sites (N-methyl/N-ethyl adjacent to an activating group) is 1. The van der Waals surface area contributed by atoms with E-state index in [4.69, 9.17) is 5.11 Å². The molecule has 0 fully saturated rings. The highest BCUT2D eigenvalue weighted by Gasteiger charge is 2.10. The maximum atomic E-state index is 10.8. The first-order valence-corrected chi connectivity index (χ1v) is 5.92. The zero-order chi connectivity index (χ0) is 13.1. The molecule has 0 aliphatic heterocycles. The van der Waals surface area contributed by atoms with Crippen LogP contribution in [0.15, 0.2) is 30.5 Å². The zero-order valence-corrected chi connectivity index (χ0v) is 10.6. The Kier molecular flexibility index (Phi) is 3.46. The maximum Gasteiger partial charge on any atom is 0.323 e. The van der Waals surface area contributed by atoms with Crippen molar-refractivity contribution in [2.24, 2.45) is 0 Å². The number of benzene rings is 1. The fourth-order valence-corrected chi connectivity index (χ4v) is 2.02. The Labute approximate surface area is 106 Å². The summed E-state index contributed by atoms with van der Waals surface area (Å²) in [6.07, 6.45) is 2.66. The predicted molar refractivity (Wildman–Crippen MR) is 72.0 cm³/mol. The highest BCUT2D eigenvalue weighted by molar-refractivity contribution is 5.93. The molecule has 0 spiro atoms. The number of pyridine rings is 1. The van der Waals surface area contributed by atoms with Crippen molar-refractivity contribution in [3.63, 3.8) is 0 Å². The van der Waals surface area contributed by atoms with Gasteiger partial charge in [0.15, 0.2) is 0 Å². The van der Waals surface area contributed by atoms with Crippen molar-refractivity contribution in [3.05, 3.63) is 36.0 Å². The van der Waals surface area contributed by atoms with E-state index in [-0.39, 0.29) is 6.54 Å². The molecule has 0 saturated carbocycles. The van der Waals surface area contributed by atoms with Crippen LogP contribution in [-0.4, -0.2) is 29.7 Å². The van der Waals surface area contributed by atoms with Crippen molar-refractivity contribution >= 4 is 22.6 Å². The number of carboxylic acids is 1. The standard InChI is InChI=1S/C14H16N2O2/c1-3-10-4-5-12-11(8-10)13(6-7-15-12)16(2)9-14(17)18/h4-8H,3,9H2,1-2H3,(H,17,18). The van der Waals surface area contributed by atoms with Crippen LogP contribution in [0.5, 0.6) is 0 Å². The SMILES string of the molecule is CCc1ccc2nccc(N(C)CC(=O)O)c2c1. The quantitative estimate of drug-likeness (QED) is 0.896. The number of aromatic nitrogens is 1. The average Bonchev–Trinajstić information content (AvgIpc) is 2.36. The molecular formula is C14H16N2O2. The second-order valence-corrected chi connectivity index (χ2v) is 4.28. The number of aryl methyl sites for hydroxylation is 1. The van der Waals surface area contributed by atoms with Crippen LogP contribution in [0.2, 0.25) is 0 Å². The maximum absolute atomic E-state index is 10.8. The molecule has 2 aromatic rings. The van der Waals surface area contributed by atoms with Gasteiger partial charge in [0.1, 0.15) is 6.54 Å².